The Kier molecular flexibility index (Phi) is 10.1. The monoisotopic (exact) mass is 302 g/mol. The molecule has 5 heteroatoms. The van der Waals surface area contributed by atoms with Gasteiger partial charge in [-0.15, -0.1) is 0 Å². The Labute approximate surface area is 120 Å². The van der Waals surface area contributed by atoms with Gasteiger partial charge in [-0.25, -0.2) is 0 Å². The molecule has 0 fully saturated rings. The third kappa shape index (κ3) is 10.4. The van der Waals surface area contributed by atoms with Gasteiger partial charge in [0.25, 0.3) is 0 Å². The molecule has 0 saturated heterocycles. The van der Waals surface area contributed by atoms with E-state index in [1.165, 1.54) is 19.3 Å². The molecule has 0 aromatic rings. The number of rotatable bonds is 9. The summed E-state index contributed by atoms with van der Waals surface area (Å²) in [6.07, 6.45) is 6.25. The lowest BCUT2D eigenvalue weighted by Gasteiger charge is -2.22. The summed E-state index contributed by atoms with van der Waals surface area (Å²) in [7, 11) is 0. The normalized spacial score (nSPS) is 15.9. The van der Waals surface area contributed by atoms with Crippen LogP contribution in [0.1, 0.15) is 45.4 Å². The highest BCUT2D eigenvalue weighted by atomic mass is 35.6. The van der Waals surface area contributed by atoms with Crippen LogP contribution >= 0.6 is 34.8 Å². The van der Waals surface area contributed by atoms with Crippen LogP contribution < -0.4 is 11.5 Å². The predicted octanol–water partition coefficient (Wildman–Crippen LogP) is 3.87. The summed E-state index contributed by atoms with van der Waals surface area (Å²) in [5, 5.41) is 0. The Morgan fingerprint density at radius 1 is 0.941 bits per heavy atom. The standard InChI is InChI=1S/C12H25Cl3N2/c1-2-3-4-10(8-16)5-6-11(9-17)7-12(13,14)15/h10-11H,2-9,16-17H2,1H3. The van der Waals surface area contributed by atoms with E-state index in [0.717, 1.165) is 19.4 Å². The maximum absolute atomic E-state index is 5.79. The zero-order chi connectivity index (χ0) is 13.3. The Balaban J connectivity index is 3.94. The topological polar surface area (TPSA) is 52.0 Å². The lowest BCUT2D eigenvalue weighted by atomic mass is 9.91. The smallest absolute Gasteiger partial charge is 0.190 e. The van der Waals surface area contributed by atoms with Crippen molar-refractivity contribution >= 4 is 34.8 Å². The van der Waals surface area contributed by atoms with Crippen LogP contribution in [0.15, 0.2) is 0 Å². The van der Waals surface area contributed by atoms with Crippen molar-refractivity contribution in [2.45, 2.75) is 49.2 Å². The minimum Gasteiger partial charge on any atom is -0.330 e. The molecule has 2 unspecified atom stereocenters. The van der Waals surface area contributed by atoms with Gasteiger partial charge >= 0.3 is 0 Å². The molecule has 0 rings (SSSR count). The van der Waals surface area contributed by atoms with E-state index in [2.05, 4.69) is 6.92 Å². The van der Waals surface area contributed by atoms with Crippen molar-refractivity contribution in [1.29, 1.82) is 0 Å². The first-order valence-corrected chi connectivity index (χ1v) is 7.53. The van der Waals surface area contributed by atoms with Crippen molar-refractivity contribution in [3.05, 3.63) is 0 Å². The van der Waals surface area contributed by atoms with E-state index in [4.69, 9.17) is 46.3 Å². The molecule has 0 bridgehead atoms. The van der Waals surface area contributed by atoms with Crippen molar-refractivity contribution in [2.75, 3.05) is 13.1 Å². The van der Waals surface area contributed by atoms with Crippen molar-refractivity contribution in [2.24, 2.45) is 23.3 Å². The van der Waals surface area contributed by atoms with E-state index in [1.54, 1.807) is 0 Å². The molecule has 0 aromatic heterocycles. The summed E-state index contributed by atoms with van der Waals surface area (Å²) in [4.78, 5) is 0. The summed E-state index contributed by atoms with van der Waals surface area (Å²) in [5.74, 6) is 0.859. The number of nitrogens with two attached hydrogens (primary N) is 2. The molecule has 0 aromatic carbocycles. The Morgan fingerprint density at radius 3 is 1.88 bits per heavy atom. The van der Waals surface area contributed by atoms with Crippen molar-refractivity contribution in [1.82, 2.24) is 0 Å². The fourth-order valence-corrected chi connectivity index (χ4v) is 2.63. The summed E-state index contributed by atoms with van der Waals surface area (Å²) >= 11 is 17.4. The van der Waals surface area contributed by atoms with Gasteiger partial charge in [0.1, 0.15) is 0 Å². The van der Waals surface area contributed by atoms with Gasteiger partial charge in [0.05, 0.1) is 0 Å². The summed E-state index contributed by atoms with van der Waals surface area (Å²) in [5.41, 5.74) is 11.5. The van der Waals surface area contributed by atoms with Crippen LogP contribution in [0.4, 0.5) is 0 Å². The Morgan fingerprint density at radius 2 is 1.47 bits per heavy atom. The molecule has 0 aliphatic heterocycles. The molecule has 0 spiro atoms. The van der Waals surface area contributed by atoms with E-state index >= 15 is 0 Å². The fourth-order valence-electron chi connectivity index (χ4n) is 1.97. The number of hydrogen-bond donors (Lipinski definition) is 2. The van der Waals surface area contributed by atoms with Crippen LogP contribution in [0, 0.1) is 11.8 Å². The lowest BCUT2D eigenvalue weighted by molar-refractivity contribution is 0.366. The van der Waals surface area contributed by atoms with Crippen LogP contribution in [0.25, 0.3) is 0 Å². The minimum atomic E-state index is -1.19. The van der Waals surface area contributed by atoms with Crippen LogP contribution in [-0.4, -0.2) is 16.9 Å². The molecule has 2 atom stereocenters. The predicted molar refractivity (Wildman–Crippen MR) is 78.8 cm³/mol. The quantitative estimate of drug-likeness (QED) is 0.635. The fraction of sp³-hybridized carbons (Fsp3) is 1.00. The van der Waals surface area contributed by atoms with Crippen LogP contribution in [0.2, 0.25) is 0 Å². The van der Waals surface area contributed by atoms with E-state index in [9.17, 15) is 0 Å². The van der Waals surface area contributed by atoms with Gasteiger partial charge in [0.2, 0.25) is 0 Å². The first-order valence-electron chi connectivity index (χ1n) is 6.39. The largest absolute Gasteiger partial charge is 0.330 e. The number of halogens is 3. The highest BCUT2D eigenvalue weighted by Gasteiger charge is 2.25. The third-order valence-corrected chi connectivity index (χ3v) is 3.60. The van der Waals surface area contributed by atoms with Crippen molar-refractivity contribution in [3.8, 4) is 0 Å². The first-order chi connectivity index (χ1) is 7.92. The van der Waals surface area contributed by atoms with Crippen LogP contribution in [-0.2, 0) is 0 Å². The lowest BCUT2D eigenvalue weighted by Crippen LogP contribution is -2.23. The van der Waals surface area contributed by atoms with E-state index < -0.39 is 3.79 Å². The number of alkyl halides is 3. The second-order valence-electron chi connectivity index (χ2n) is 4.74. The molecule has 0 radical (unpaired) electrons. The SMILES string of the molecule is CCCCC(CN)CCC(CN)CC(Cl)(Cl)Cl. The first kappa shape index (κ1) is 17.8. The summed E-state index contributed by atoms with van der Waals surface area (Å²) in [6, 6.07) is 0. The molecule has 2 nitrogen and oxygen atoms in total. The van der Waals surface area contributed by atoms with Gasteiger partial charge in [0.15, 0.2) is 3.79 Å². The van der Waals surface area contributed by atoms with Gasteiger partial charge in [-0.1, -0.05) is 54.6 Å². The second kappa shape index (κ2) is 9.69. The summed E-state index contributed by atoms with van der Waals surface area (Å²) in [6.45, 7) is 3.50. The molecule has 4 N–H and O–H groups in total. The highest BCUT2D eigenvalue weighted by Crippen LogP contribution is 2.35. The van der Waals surface area contributed by atoms with Crippen LogP contribution in [0.5, 0.6) is 0 Å². The molecule has 0 aliphatic rings. The zero-order valence-electron chi connectivity index (χ0n) is 10.6. The Bertz CT molecular complexity index is 183. The molecule has 0 amide bonds. The molecule has 0 saturated carbocycles. The maximum Gasteiger partial charge on any atom is 0.190 e. The molecular formula is C12H25Cl3N2. The van der Waals surface area contributed by atoms with Crippen molar-refractivity contribution < 1.29 is 0 Å². The third-order valence-electron chi connectivity index (χ3n) is 3.14. The maximum atomic E-state index is 5.79. The highest BCUT2D eigenvalue weighted by molar-refractivity contribution is 6.67. The Hall–Kier alpha value is 0.790. The number of unbranched alkanes of at least 4 members (excludes halogenated alkanes) is 1. The van der Waals surface area contributed by atoms with Gasteiger partial charge in [-0.3, -0.25) is 0 Å². The molecule has 17 heavy (non-hydrogen) atoms. The van der Waals surface area contributed by atoms with Gasteiger partial charge in [-0.05, 0) is 50.6 Å². The van der Waals surface area contributed by atoms with E-state index in [0.29, 0.717) is 18.9 Å². The zero-order valence-corrected chi connectivity index (χ0v) is 12.9. The molecule has 0 aliphatic carbocycles. The van der Waals surface area contributed by atoms with E-state index in [1.807, 2.05) is 0 Å². The summed E-state index contributed by atoms with van der Waals surface area (Å²) < 4.78 is -1.19. The average Bonchev–Trinajstić information content (AvgIpc) is 2.26. The van der Waals surface area contributed by atoms with Gasteiger partial charge in [-0.2, -0.15) is 0 Å². The molecular weight excluding hydrogens is 279 g/mol. The van der Waals surface area contributed by atoms with Crippen molar-refractivity contribution in [3.63, 3.8) is 0 Å². The van der Waals surface area contributed by atoms with Gasteiger partial charge < -0.3 is 11.5 Å². The van der Waals surface area contributed by atoms with E-state index in [-0.39, 0.29) is 5.92 Å². The van der Waals surface area contributed by atoms with Gasteiger partial charge in [0, 0.05) is 0 Å². The molecule has 104 valence electrons. The minimum absolute atomic E-state index is 0.276. The molecule has 0 heterocycles. The average molecular weight is 304 g/mol. The second-order valence-corrected chi connectivity index (χ2v) is 7.26. The van der Waals surface area contributed by atoms with Crippen LogP contribution in [0.3, 0.4) is 0 Å². The number of hydrogen-bond acceptors (Lipinski definition) is 2.